The van der Waals surface area contributed by atoms with E-state index in [1.54, 1.807) is 0 Å². The van der Waals surface area contributed by atoms with Crippen molar-refractivity contribution in [3.8, 4) is 0 Å². The molecular formula is C20H32N4O. The predicted octanol–water partition coefficient (Wildman–Crippen LogP) is 2.16. The van der Waals surface area contributed by atoms with Gasteiger partial charge in [0.05, 0.1) is 0 Å². The van der Waals surface area contributed by atoms with E-state index >= 15 is 0 Å². The molecule has 0 aliphatic carbocycles. The molecule has 25 heavy (non-hydrogen) atoms. The Morgan fingerprint density at radius 3 is 2.64 bits per heavy atom. The molecule has 2 aliphatic rings. The monoisotopic (exact) mass is 344 g/mol. The molecule has 2 aliphatic heterocycles. The van der Waals surface area contributed by atoms with E-state index in [0.29, 0.717) is 5.92 Å². The number of nitrogens with zero attached hydrogens (tertiary/aromatic N) is 3. The van der Waals surface area contributed by atoms with E-state index in [9.17, 15) is 0 Å². The third-order valence-corrected chi connectivity index (χ3v) is 5.92. The quantitative estimate of drug-likeness (QED) is 0.671. The van der Waals surface area contributed by atoms with Crippen molar-refractivity contribution >= 4 is 5.96 Å². The van der Waals surface area contributed by atoms with Crippen LogP contribution < -0.4 is 5.32 Å². The Morgan fingerprint density at radius 1 is 1.28 bits per heavy atom. The summed E-state index contributed by atoms with van der Waals surface area (Å²) in [7, 11) is 6.25. The number of benzene rings is 1. The smallest absolute Gasteiger partial charge is 0.193 e. The second-order valence-electron chi connectivity index (χ2n) is 7.47. The fourth-order valence-corrected chi connectivity index (χ4v) is 4.06. The molecule has 1 aromatic rings. The van der Waals surface area contributed by atoms with Crippen LogP contribution in [0, 0.1) is 0 Å². The summed E-state index contributed by atoms with van der Waals surface area (Å²) in [6.07, 6.45) is 3.32. The van der Waals surface area contributed by atoms with Crippen molar-refractivity contribution < 1.29 is 4.74 Å². The Bertz CT molecular complexity index is 566. The van der Waals surface area contributed by atoms with E-state index in [1.165, 1.54) is 12.0 Å². The lowest BCUT2D eigenvalue weighted by molar-refractivity contribution is -0.00521. The van der Waals surface area contributed by atoms with Crippen molar-refractivity contribution in [3.63, 3.8) is 0 Å². The first-order chi connectivity index (χ1) is 12.1. The topological polar surface area (TPSA) is 40.1 Å². The Hall–Kier alpha value is -1.59. The first-order valence-corrected chi connectivity index (χ1v) is 9.40. The van der Waals surface area contributed by atoms with Crippen molar-refractivity contribution in [2.45, 2.75) is 30.7 Å². The van der Waals surface area contributed by atoms with Crippen molar-refractivity contribution in [1.29, 1.82) is 0 Å². The van der Waals surface area contributed by atoms with Gasteiger partial charge in [-0.05, 0) is 38.9 Å². The first-order valence-electron chi connectivity index (χ1n) is 9.40. The number of guanidine groups is 1. The lowest BCUT2D eigenvalue weighted by Crippen LogP contribution is -2.57. The third-order valence-electron chi connectivity index (χ3n) is 5.92. The summed E-state index contributed by atoms with van der Waals surface area (Å²) in [5.41, 5.74) is 1.60. The summed E-state index contributed by atoms with van der Waals surface area (Å²) in [5.74, 6) is 1.64. The molecule has 0 spiro atoms. The molecule has 5 nitrogen and oxygen atoms in total. The van der Waals surface area contributed by atoms with Crippen LogP contribution in [0.4, 0.5) is 0 Å². The lowest BCUT2D eigenvalue weighted by atomic mass is 9.88. The van der Waals surface area contributed by atoms with Crippen LogP contribution >= 0.6 is 0 Å². The molecule has 0 radical (unpaired) electrons. The summed E-state index contributed by atoms with van der Waals surface area (Å²) in [5, 5.41) is 3.65. The Morgan fingerprint density at radius 2 is 2.00 bits per heavy atom. The molecule has 138 valence electrons. The standard InChI is InChI=1S/C20H32N4O/c1-21-19(22-16-20(23(2)3)10-13-25-14-11-20)24-12-9-18(15-24)17-7-5-4-6-8-17/h4-8,18H,9-16H2,1-3H3,(H,21,22). The number of rotatable bonds is 4. The van der Waals surface area contributed by atoms with E-state index in [-0.39, 0.29) is 5.54 Å². The van der Waals surface area contributed by atoms with Gasteiger partial charge >= 0.3 is 0 Å². The normalized spacial score (nSPS) is 23.9. The molecule has 2 fully saturated rings. The van der Waals surface area contributed by atoms with Crippen molar-refractivity contribution in [2.75, 3.05) is 54.0 Å². The van der Waals surface area contributed by atoms with Gasteiger partial charge in [0.15, 0.2) is 5.96 Å². The van der Waals surface area contributed by atoms with Crippen LogP contribution in [-0.2, 0) is 4.74 Å². The van der Waals surface area contributed by atoms with E-state index in [4.69, 9.17) is 4.74 Å². The third kappa shape index (κ3) is 4.15. The molecule has 2 saturated heterocycles. The molecule has 1 unspecified atom stereocenters. The van der Waals surface area contributed by atoms with Gasteiger partial charge in [-0.2, -0.15) is 0 Å². The van der Waals surface area contributed by atoms with E-state index in [0.717, 1.165) is 51.6 Å². The molecule has 0 aromatic heterocycles. The number of nitrogens with one attached hydrogen (secondary N) is 1. The minimum Gasteiger partial charge on any atom is -0.381 e. The van der Waals surface area contributed by atoms with Gasteiger partial charge in [0.2, 0.25) is 0 Å². The van der Waals surface area contributed by atoms with Gasteiger partial charge in [-0.15, -0.1) is 0 Å². The summed E-state index contributed by atoms with van der Waals surface area (Å²) < 4.78 is 5.58. The maximum Gasteiger partial charge on any atom is 0.193 e. The highest BCUT2D eigenvalue weighted by Gasteiger charge is 2.35. The lowest BCUT2D eigenvalue weighted by Gasteiger charge is -2.43. The van der Waals surface area contributed by atoms with Gasteiger partial charge in [0.1, 0.15) is 0 Å². The van der Waals surface area contributed by atoms with Gasteiger partial charge in [-0.3, -0.25) is 4.99 Å². The molecular weight excluding hydrogens is 312 g/mol. The average molecular weight is 345 g/mol. The van der Waals surface area contributed by atoms with Crippen LogP contribution in [0.25, 0.3) is 0 Å². The fraction of sp³-hybridized carbons (Fsp3) is 0.650. The largest absolute Gasteiger partial charge is 0.381 e. The fourth-order valence-electron chi connectivity index (χ4n) is 4.06. The summed E-state index contributed by atoms with van der Waals surface area (Å²) >= 11 is 0. The zero-order chi connectivity index (χ0) is 17.7. The molecule has 0 saturated carbocycles. The maximum atomic E-state index is 5.58. The minimum atomic E-state index is 0.159. The summed E-state index contributed by atoms with van der Waals surface area (Å²) in [4.78, 5) is 9.31. The first kappa shape index (κ1) is 18.2. The van der Waals surface area contributed by atoms with Crippen LogP contribution in [0.3, 0.4) is 0 Å². The second kappa shape index (κ2) is 8.19. The molecule has 1 aromatic carbocycles. The van der Waals surface area contributed by atoms with Gasteiger partial charge in [-0.25, -0.2) is 0 Å². The highest BCUT2D eigenvalue weighted by molar-refractivity contribution is 5.80. The molecule has 2 heterocycles. The number of hydrogen-bond donors (Lipinski definition) is 1. The van der Waals surface area contributed by atoms with E-state index in [2.05, 4.69) is 64.5 Å². The van der Waals surface area contributed by atoms with Gasteiger partial charge < -0.3 is 19.9 Å². The van der Waals surface area contributed by atoms with Crippen LogP contribution in [0.5, 0.6) is 0 Å². The van der Waals surface area contributed by atoms with Gasteiger partial charge in [0.25, 0.3) is 0 Å². The van der Waals surface area contributed by atoms with Crippen LogP contribution in [0.2, 0.25) is 0 Å². The van der Waals surface area contributed by atoms with Crippen LogP contribution in [-0.4, -0.2) is 75.3 Å². The maximum absolute atomic E-state index is 5.58. The zero-order valence-corrected chi connectivity index (χ0v) is 15.9. The Kier molecular flexibility index (Phi) is 5.97. The Balaban J connectivity index is 1.60. The SMILES string of the molecule is CN=C(NCC1(N(C)C)CCOCC1)N1CCC(c2ccccc2)C1. The summed E-state index contributed by atoms with van der Waals surface area (Å²) in [6, 6.07) is 10.8. The highest BCUT2D eigenvalue weighted by Crippen LogP contribution is 2.28. The average Bonchev–Trinajstić information content (AvgIpc) is 3.14. The number of hydrogen-bond acceptors (Lipinski definition) is 3. The zero-order valence-electron chi connectivity index (χ0n) is 15.9. The molecule has 1 N–H and O–H groups in total. The van der Waals surface area contributed by atoms with Crippen LogP contribution in [0.1, 0.15) is 30.7 Å². The number of ether oxygens (including phenoxy) is 1. The predicted molar refractivity (Wildman–Crippen MR) is 103 cm³/mol. The minimum absolute atomic E-state index is 0.159. The molecule has 0 amide bonds. The second-order valence-corrected chi connectivity index (χ2v) is 7.47. The summed E-state index contributed by atoms with van der Waals surface area (Å²) in [6.45, 7) is 4.72. The van der Waals surface area contributed by atoms with Crippen LogP contribution in [0.15, 0.2) is 35.3 Å². The van der Waals surface area contributed by atoms with E-state index < -0.39 is 0 Å². The van der Waals surface area contributed by atoms with Gasteiger partial charge in [0, 0.05) is 51.4 Å². The van der Waals surface area contributed by atoms with Crippen molar-refractivity contribution in [1.82, 2.24) is 15.1 Å². The molecule has 1 atom stereocenters. The highest BCUT2D eigenvalue weighted by atomic mass is 16.5. The van der Waals surface area contributed by atoms with Crippen molar-refractivity contribution in [2.24, 2.45) is 4.99 Å². The van der Waals surface area contributed by atoms with Gasteiger partial charge in [-0.1, -0.05) is 30.3 Å². The molecule has 3 rings (SSSR count). The van der Waals surface area contributed by atoms with Crippen molar-refractivity contribution in [3.05, 3.63) is 35.9 Å². The number of likely N-dealkylation sites (N-methyl/N-ethyl adjacent to an activating group) is 1. The molecule has 0 bridgehead atoms. The van der Waals surface area contributed by atoms with E-state index in [1.807, 2.05) is 7.05 Å². The number of aliphatic imine (C=N–C) groups is 1. The number of likely N-dealkylation sites (tertiary alicyclic amines) is 1. The Labute approximate surface area is 152 Å². The molecule has 5 heteroatoms.